The second kappa shape index (κ2) is 5.06. The summed E-state index contributed by atoms with van der Waals surface area (Å²) in [6.45, 7) is 0. The van der Waals surface area contributed by atoms with Crippen LogP contribution in [-0.4, -0.2) is 20.8 Å². The first-order valence-corrected chi connectivity index (χ1v) is 7.53. The largest absolute Gasteiger partial charge is 0.495 e. The topological polar surface area (TPSA) is 81.4 Å². The molecule has 2 rings (SSSR count). The van der Waals surface area contributed by atoms with E-state index in [2.05, 4.69) is 4.72 Å². The molecule has 0 spiro atoms. The van der Waals surface area contributed by atoms with Crippen LogP contribution < -0.4 is 15.2 Å². The second-order valence-electron chi connectivity index (χ2n) is 4.51. The van der Waals surface area contributed by atoms with Crippen molar-refractivity contribution in [2.45, 2.75) is 30.9 Å². The fourth-order valence-corrected chi connectivity index (χ4v) is 3.80. The molecule has 1 fully saturated rings. The third-order valence-corrected chi connectivity index (χ3v) is 5.10. The quantitative estimate of drug-likeness (QED) is 0.819. The Morgan fingerprint density at radius 3 is 2.61 bits per heavy atom. The molecule has 0 heterocycles. The number of rotatable bonds is 4. The van der Waals surface area contributed by atoms with Gasteiger partial charge in [-0.25, -0.2) is 8.42 Å². The highest BCUT2D eigenvalue weighted by Gasteiger charge is 2.28. The van der Waals surface area contributed by atoms with Gasteiger partial charge in [0.15, 0.2) is 0 Å². The summed E-state index contributed by atoms with van der Waals surface area (Å²) >= 11 is 0. The smallest absolute Gasteiger partial charge is 0.235 e. The number of sulfonamides is 1. The molecule has 100 valence electrons. The van der Waals surface area contributed by atoms with Gasteiger partial charge in [0.2, 0.25) is 10.0 Å². The van der Waals surface area contributed by atoms with Crippen molar-refractivity contribution in [1.82, 2.24) is 0 Å². The van der Waals surface area contributed by atoms with Crippen molar-refractivity contribution in [3.05, 3.63) is 18.2 Å². The molecule has 0 unspecified atom stereocenters. The lowest BCUT2D eigenvalue weighted by Gasteiger charge is -2.14. The molecule has 0 radical (unpaired) electrons. The number of anilines is 2. The van der Waals surface area contributed by atoms with Gasteiger partial charge in [0.25, 0.3) is 0 Å². The van der Waals surface area contributed by atoms with Crippen LogP contribution in [0.1, 0.15) is 25.7 Å². The molecule has 1 aromatic carbocycles. The van der Waals surface area contributed by atoms with E-state index >= 15 is 0 Å². The number of nitrogens with two attached hydrogens (primary N) is 1. The summed E-state index contributed by atoms with van der Waals surface area (Å²) in [7, 11) is -1.80. The Hall–Kier alpha value is -1.43. The molecule has 1 aliphatic rings. The van der Waals surface area contributed by atoms with E-state index in [9.17, 15) is 8.42 Å². The van der Waals surface area contributed by atoms with Gasteiger partial charge in [-0.2, -0.15) is 0 Å². The first kappa shape index (κ1) is 13.0. The van der Waals surface area contributed by atoms with Crippen LogP contribution in [0.15, 0.2) is 18.2 Å². The molecule has 0 atom stereocenters. The minimum absolute atomic E-state index is 0.277. The van der Waals surface area contributed by atoms with Crippen LogP contribution >= 0.6 is 0 Å². The zero-order valence-electron chi connectivity index (χ0n) is 10.3. The van der Waals surface area contributed by atoms with E-state index in [-0.39, 0.29) is 5.25 Å². The number of methoxy groups -OCH3 is 1. The Bertz CT molecular complexity index is 522. The Morgan fingerprint density at radius 2 is 2.00 bits per heavy atom. The van der Waals surface area contributed by atoms with E-state index in [1.807, 2.05) is 0 Å². The summed E-state index contributed by atoms with van der Waals surface area (Å²) in [6, 6.07) is 4.87. The van der Waals surface area contributed by atoms with E-state index in [4.69, 9.17) is 10.5 Å². The molecule has 18 heavy (non-hydrogen) atoms. The number of benzene rings is 1. The predicted octanol–water partition coefficient (Wildman–Crippen LogP) is 1.96. The van der Waals surface area contributed by atoms with Crippen molar-refractivity contribution in [3.8, 4) is 5.75 Å². The summed E-state index contributed by atoms with van der Waals surface area (Å²) in [5.41, 5.74) is 6.66. The van der Waals surface area contributed by atoms with Crippen molar-refractivity contribution < 1.29 is 13.2 Å². The van der Waals surface area contributed by atoms with Crippen molar-refractivity contribution >= 4 is 21.4 Å². The van der Waals surface area contributed by atoms with Crippen molar-refractivity contribution in [3.63, 3.8) is 0 Å². The lowest BCUT2D eigenvalue weighted by molar-refractivity contribution is 0.417. The predicted molar refractivity (Wildman–Crippen MR) is 72.2 cm³/mol. The maximum Gasteiger partial charge on any atom is 0.235 e. The van der Waals surface area contributed by atoms with Crippen LogP contribution in [-0.2, 0) is 10.0 Å². The van der Waals surface area contributed by atoms with E-state index in [1.54, 1.807) is 18.2 Å². The molecule has 1 saturated carbocycles. The van der Waals surface area contributed by atoms with Gasteiger partial charge in [0.1, 0.15) is 5.75 Å². The maximum absolute atomic E-state index is 12.1. The number of hydrogen-bond acceptors (Lipinski definition) is 4. The molecule has 0 saturated heterocycles. The van der Waals surface area contributed by atoms with Gasteiger partial charge in [-0.05, 0) is 25.0 Å². The van der Waals surface area contributed by atoms with Gasteiger partial charge in [-0.3, -0.25) is 4.72 Å². The summed E-state index contributed by atoms with van der Waals surface area (Å²) in [5, 5.41) is -0.277. The van der Waals surface area contributed by atoms with E-state index in [0.717, 1.165) is 25.7 Å². The van der Waals surface area contributed by atoms with Crippen LogP contribution in [0.5, 0.6) is 5.75 Å². The van der Waals surface area contributed by atoms with Crippen LogP contribution in [0.3, 0.4) is 0 Å². The summed E-state index contributed by atoms with van der Waals surface area (Å²) in [6.07, 6.45) is 3.44. The standard InChI is InChI=1S/C12H18N2O3S/c1-17-12-8-9(6-7-11(12)13)14-18(15,16)10-4-2-3-5-10/h6-8,10,14H,2-5,13H2,1H3. The van der Waals surface area contributed by atoms with Crippen molar-refractivity contribution in [2.75, 3.05) is 17.6 Å². The molecule has 1 aliphatic carbocycles. The summed E-state index contributed by atoms with van der Waals surface area (Å²) in [4.78, 5) is 0. The highest BCUT2D eigenvalue weighted by molar-refractivity contribution is 7.93. The average molecular weight is 270 g/mol. The Morgan fingerprint density at radius 1 is 1.33 bits per heavy atom. The summed E-state index contributed by atoms with van der Waals surface area (Å²) < 4.78 is 31.9. The van der Waals surface area contributed by atoms with Crippen molar-refractivity contribution in [1.29, 1.82) is 0 Å². The average Bonchev–Trinajstić information content (AvgIpc) is 2.85. The van der Waals surface area contributed by atoms with Gasteiger partial charge >= 0.3 is 0 Å². The minimum atomic E-state index is -3.30. The van der Waals surface area contributed by atoms with E-state index in [0.29, 0.717) is 17.1 Å². The van der Waals surface area contributed by atoms with Crippen LogP contribution in [0, 0.1) is 0 Å². The Labute approximate surface area is 107 Å². The Balaban J connectivity index is 2.18. The van der Waals surface area contributed by atoms with Gasteiger partial charge in [0.05, 0.1) is 23.7 Å². The molecule has 3 N–H and O–H groups in total. The van der Waals surface area contributed by atoms with Gasteiger partial charge in [-0.1, -0.05) is 12.8 Å². The third-order valence-electron chi connectivity index (χ3n) is 3.23. The maximum atomic E-state index is 12.1. The monoisotopic (exact) mass is 270 g/mol. The third kappa shape index (κ3) is 2.69. The van der Waals surface area contributed by atoms with E-state index < -0.39 is 10.0 Å². The lowest BCUT2D eigenvalue weighted by Crippen LogP contribution is -2.25. The molecule has 0 amide bonds. The number of ether oxygens (including phenoxy) is 1. The van der Waals surface area contributed by atoms with Gasteiger partial charge < -0.3 is 10.5 Å². The Kier molecular flexibility index (Phi) is 3.65. The van der Waals surface area contributed by atoms with Crippen molar-refractivity contribution in [2.24, 2.45) is 0 Å². The van der Waals surface area contributed by atoms with Crippen LogP contribution in [0.2, 0.25) is 0 Å². The second-order valence-corrected chi connectivity index (χ2v) is 6.47. The molecule has 6 heteroatoms. The number of hydrogen-bond donors (Lipinski definition) is 2. The highest BCUT2D eigenvalue weighted by atomic mass is 32.2. The van der Waals surface area contributed by atoms with Crippen LogP contribution in [0.25, 0.3) is 0 Å². The minimum Gasteiger partial charge on any atom is -0.495 e. The van der Waals surface area contributed by atoms with Crippen LogP contribution in [0.4, 0.5) is 11.4 Å². The molecule has 0 aromatic heterocycles. The molecular formula is C12H18N2O3S. The van der Waals surface area contributed by atoms with Gasteiger partial charge in [0, 0.05) is 6.07 Å². The molecule has 0 aliphatic heterocycles. The first-order valence-electron chi connectivity index (χ1n) is 5.98. The fourth-order valence-electron chi connectivity index (χ4n) is 2.22. The molecule has 5 nitrogen and oxygen atoms in total. The lowest BCUT2D eigenvalue weighted by atomic mass is 10.2. The van der Waals surface area contributed by atoms with Gasteiger partial charge in [-0.15, -0.1) is 0 Å². The normalized spacial score (nSPS) is 16.7. The molecular weight excluding hydrogens is 252 g/mol. The number of nitrogen functional groups attached to an aromatic ring is 1. The zero-order chi connectivity index (χ0) is 13.2. The SMILES string of the molecule is COc1cc(NS(=O)(=O)C2CCCC2)ccc1N. The number of nitrogens with one attached hydrogen (secondary N) is 1. The van der Waals surface area contributed by atoms with E-state index in [1.165, 1.54) is 7.11 Å². The molecule has 1 aromatic rings. The first-order chi connectivity index (χ1) is 8.53. The molecule has 0 bridgehead atoms. The fraction of sp³-hybridized carbons (Fsp3) is 0.500. The highest BCUT2D eigenvalue weighted by Crippen LogP contribution is 2.29. The zero-order valence-corrected chi connectivity index (χ0v) is 11.2. The summed E-state index contributed by atoms with van der Waals surface area (Å²) in [5.74, 6) is 0.474.